The van der Waals surface area contributed by atoms with E-state index in [4.69, 9.17) is 14.4 Å². The first-order valence-corrected chi connectivity index (χ1v) is 23.2. The van der Waals surface area contributed by atoms with Crippen LogP contribution in [0, 0.1) is 0 Å². The molecule has 0 atom stereocenters. The van der Waals surface area contributed by atoms with E-state index in [1.165, 1.54) is 44.5 Å². The van der Waals surface area contributed by atoms with Crippen LogP contribution in [0.25, 0.3) is 100 Å². The van der Waals surface area contributed by atoms with Gasteiger partial charge >= 0.3 is 0 Å². The molecule has 0 amide bonds. The lowest BCUT2D eigenvalue weighted by molar-refractivity contribution is 0.669. The zero-order valence-electron chi connectivity index (χ0n) is 37.1. The molecule has 2 aromatic heterocycles. The van der Waals surface area contributed by atoms with Crippen LogP contribution in [-0.2, 0) is 5.41 Å². The molecule has 0 saturated heterocycles. The lowest BCUT2D eigenvalue weighted by Gasteiger charge is -2.33. The lowest BCUT2D eigenvalue weighted by Crippen LogP contribution is -2.28. The number of nitrogens with zero attached hydrogens (tertiary/aromatic N) is 2. The SMILES string of the molecule is c1ccc(-c2nc(-c3cc(-c4ccc5oc6ccccc6c5c4)cc(-c4ccccc4-c4ccccc4)c3)cc(-c3ccc4c(c3)-c3ccccc3C4(c3ccccc3)c3ccccc3)n2)cc1. The van der Waals surface area contributed by atoms with Crippen molar-refractivity contribution >= 4 is 21.9 Å². The largest absolute Gasteiger partial charge is 0.456 e. The molecule has 0 bridgehead atoms. The average molecular weight is 867 g/mol. The van der Waals surface area contributed by atoms with Gasteiger partial charge in [0.1, 0.15) is 11.2 Å². The van der Waals surface area contributed by atoms with Crippen LogP contribution in [0.3, 0.4) is 0 Å². The van der Waals surface area contributed by atoms with Crippen molar-refractivity contribution in [2.45, 2.75) is 5.41 Å². The fourth-order valence-corrected chi connectivity index (χ4v) is 10.7. The van der Waals surface area contributed by atoms with Crippen molar-refractivity contribution in [3.63, 3.8) is 0 Å². The van der Waals surface area contributed by atoms with Crippen molar-refractivity contribution in [2.24, 2.45) is 0 Å². The Labute approximate surface area is 395 Å². The van der Waals surface area contributed by atoms with Crippen LogP contribution in [0.5, 0.6) is 0 Å². The molecule has 13 rings (SSSR count). The first kappa shape index (κ1) is 39.4. The quantitative estimate of drug-likeness (QED) is 0.153. The number of aromatic nitrogens is 2. The van der Waals surface area contributed by atoms with Crippen LogP contribution < -0.4 is 0 Å². The zero-order valence-corrected chi connectivity index (χ0v) is 37.1. The average Bonchev–Trinajstić information content (AvgIpc) is 3.95. The molecule has 0 saturated carbocycles. The van der Waals surface area contributed by atoms with E-state index >= 15 is 0 Å². The Bertz CT molecular complexity index is 3800. The zero-order chi connectivity index (χ0) is 45.0. The molecule has 1 aliphatic carbocycles. The van der Waals surface area contributed by atoms with Crippen LogP contribution in [0.1, 0.15) is 22.3 Å². The summed E-state index contributed by atoms with van der Waals surface area (Å²) in [5.74, 6) is 0.671. The summed E-state index contributed by atoms with van der Waals surface area (Å²) in [7, 11) is 0. The number of para-hydroxylation sites is 1. The lowest BCUT2D eigenvalue weighted by atomic mass is 9.67. The number of rotatable bonds is 8. The molecular formula is C65H42N2O. The summed E-state index contributed by atoms with van der Waals surface area (Å²) in [6, 6.07) is 91.3. The fraction of sp³-hybridized carbons (Fsp3) is 0.0154. The van der Waals surface area contributed by atoms with Gasteiger partial charge in [0.2, 0.25) is 0 Å². The van der Waals surface area contributed by atoms with E-state index in [0.717, 1.165) is 72.3 Å². The smallest absolute Gasteiger partial charge is 0.160 e. The van der Waals surface area contributed by atoms with Crippen LogP contribution >= 0.6 is 0 Å². The number of hydrogen-bond donors (Lipinski definition) is 0. The number of hydrogen-bond acceptors (Lipinski definition) is 3. The van der Waals surface area contributed by atoms with E-state index in [-0.39, 0.29) is 0 Å². The molecule has 0 unspecified atom stereocenters. The normalized spacial score (nSPS) is 12.5. The van der Waals surface area contributed by atoms with Gasteiger partial charge in [-0.3, -0.25) is 0 Å². The Balaban J connectivity index is 1.03. The van der Waals surface area contributed by atoms with E-state index in [2.05, 4.69) is 237 Å². The van der Waals surface area contributed by atoms with Crippen LogP contribution in [0.4, 0.5) is 0 Å². The van der Waals surface area contributed by atoms with Crippen LogP contribution in [-0.4, -0.2) is 9.97 Å². The maximum absolute atomic E-state index is 6.29. The van der Waals surface area contributed by atoms with E-state index in [9.17, 15) is 0 Å². The van der Waals surface area contributed by atoms with Crippen molar-refractivity contribution in [1.82, 2.24) is 9.97 Å². The molecule has 12 aromatic rings. The summed E-state index contributed by atoms with van der Waals surface area (Å²) in [4.78, 5) is 10.8. The predicted octanol–water partition coefficient (Wildman–Crippen LogP) is 16.7. The van der Waals surface area contributed by atoms with Gasteiger partial charge in [-0.2, -0.15) is 0 Å². The second kappa shape index (κ2) is 16.2. The summed E-state index contributed by atoms with van der Waals surface area (Å²) in [6.07, 6.45) is 0. The van der Waals surface area contributed by atoms with Crippen LogP contribution in [0.2, 0.25) is 0 Å². The van der Waals surface area contributed by atoms with E-state index in [0.29, 0.717) is 5.82 Å². The second-order valence-corrected chi connectivity index (χ2v) is 17.6. The van der Waals surface area contributed by atoms with E-state index in [1.807, 2.05) is 18.2 Å². The second-order valence-electron chi connectivity index (χ2n) is 17.6. The molecule has 0 fully saturated rings. The van der Waals surface area contributed by atoms with Crippen molar-refractivity contribution in [3.05, 3.63) is 277 Å². The molecule has 3 heteroatoms. The van der Waals surface area contributed by atoms with Gasteiger partial charge in [-0.15, -0.1) is 0 Å². The molecule has 1 aliphatic rings. The van der Waals surface area contributed by atoms with Gasteiger partial charge < -0.3 is 4.42 Å². The fourth-order valence-electron chi connectivity index (χ4n) is 10.7. The molecule has 2 heterocycles. The van der Waals surface area contributed by atoms with Crippen molar-refractivity contribution in [3.8, 4) is 78.4 Å². The summed E-state index contributed by atoms with van der Waals surface area (Å²) < 4.78 is 6.29. The van der Waals surface area contributed by atoms with Crippen molar-refractivity contribution in [2.75, 3.05) is 0 Å². The molecule has 10 aromatic carbocycles. The predicted molar refractivity (Wildman–Crippen MR) is 279 cm³/mol. The molecule has 0 aliphatic heterocycles. The van der Waals surface area contributed by atoms with Gasteiger partial charge in [0.25, 0.3) is 0 Å². The molecule has 0 N–H and O–H groups in total. The van der Waals surface area contributed by atoms with Gasteiger partial charge in [-0.05, 0) is 115 Å². The Morgan fingerprint density at radius 3 is 1.51 bits per heavy atom. The number of furan rings is 1. The van der Waals surface area contributed by atoms with E-state index < -0.39 is 5.41 Å². The molecule has 0 radical (unpaired) electrons. The van der Waals surface area contributed by atoms with Gasteiger partial charge in [0.15, 0.2) is 5.82 Å². The van der Waals surface area contributed by atoms with Crippen molar-refractivity contribution < 1.29 is 4.42 Å². The maximum atomic E-state index is 6.29. The van der Waals surface area contributed by atoms with Gasteiger partial charge in [0, 0.05) is 27.5 Å². The highest BCUT2D eigenvalue weighted by Gasteiger charge is 2.46. The molecular weight excluding hydrogens is 825 g/mol. The highest BCUT2D eigenvalue weighted by Crippen LogP contribution is 2.56. The van der Waals surface area contributed by atoms with Crippen LogP contribution in [0.15, 0.2) is 259 Å². The molecule has 68 heavy (non-hydrogen) atoms. The monoisotopic (exact) mass is 866 g/mol. The Morgan fingerprint density at radius 1 is 0.279 bits per heavy atom. The number of benzene rings is 10. The van der Waals surface area contributed by atoms with Gasteiger partial charge in [0.05, 0.1) is 16.8 Å². The standard InChI is InChI=1S/C65H42N2O/c1-5-19-43(20-6-1)52-27-13-14-28-53(52)48-37-47(45-34-36-63-57(40-45)55-30-16-18-32-62(55)68-63)38-49(39-48)61-42-60(66-64(67-61)44-21-7-2-8-22-44)46-33-35-59-56(41-46)54-29-15-17-31-58(54)65(59,50-23-9-3-10-24-50)51-25-11-4-12-26-51/h1-42H. The molecule has 3 nitrogen and oxygen atoms in total. The molecule has 0 spiro atoms. The highest BCUT2D eigenvalue weighted by atomic mass is 16.3. The maximum Gasteiger partial charge on any atom is 0.160 e. The highest BCUT2D eigenvalue weighted by molar-refractivity contribution is 6.06. The van der Waals surface area contributed by atoms with Gasteiger partial charge in [-0.1, -0.05) is 206 Å². The minimum atomic E-state index is -0.488. The first-order valence-electron chi connectivity index (χ1n) is 23.2. The summed E-state index contributed by atoms with van der Waals surface area (Å²) in [6.45, 7) is 0. The Kier molecular flexibility index (Phi) is 9.40. The van der Waals surface area contributed by atoms with Crippen molar-refractivity contribution in [1.29, 1.82) is 0 Å². The minimum Gasteiger partial charge on any atom is -0.456 e. The Hall–Kier alpha value is -8.92. The summed E-state index contributed by atoms with van der Waals surface area (Å²) in [5.41, 5.74) is 20.2. The van der Waals surface area contributed by atoms with Gasteiger partial charge in [-0.25, -0.2) is 9.97 Å². The third-order valence-electron chi connectivity index (χ3n) is 13.8. The number of fused-ring (bicyclic) bond motifs is 6. The first-order chi connectivity index (χ1) is 33.7. The minimum absolute atomic E-state index is 0.488. The van der Waals surface area contributed by atoms with E-state index in [1.54, 1.807) is 0 Å². The third-order valence-corrected chi connectivity index (χ3v) is 13.8. The third kappa shape index (κ3) is 6.51. The molecule has 318 valence electrons. The topological polar surface area (TPSA) is 38.9 Å². The summed E-state index contributed by atoms with van der Waals surface area (Å²) >= 11 is 0. The summed E-state index contributed by atoms with van der Waals surface area (Å²) in [5, 5.41) is 2.19. The Morgan fingerprint density at radius 2 is 0.794 bits per heavy atom.